The zero-order valence-corrected chi connectivity index (χ0v) is 11.3. The van der Waals surface area contributed by atoms with E-state index in [1.54, 1.807) is 0 Å². The van der Waals surface area contributed by atoms with Crippen molar-refractivity contribution in [2.45, 2.75) is 45.4 Å². The number of carbonyl (C=O) groups is 1. The van der Waals surface area contributed by atoms with E-state index in [0.29, 0.717) is 5.91 Å². The molecular formula is C16H23NO. The van der Waals surface area contributed by atoms with Crippen molar-refractivity contribution >= 4 is 11.6 Å². The lowest BCUT2D eigenvalue weighted by Gasteiger charge is -2.25. The molecule has 0 aromatic heterocycles. The normalized spacial score (nSPS) is 15.8. The summed E-state index contributed by atoms with van der Waals surface area (Å²) in [6, 6.07) is 10.1. The standard InChI is InChI=1S/C16H23NO/c1-2-3-13-17(15-11-5-4-6-12-15)16(18)14-9-7-8-10-14/h4-6,11-12,14H,2-3,7-10,13H2,1H3. The van der Waals surface area contributed by atoms with Gasteiger partial charge in [0.25, 0.3) is 0 Å². The van der Waals surface area contributed by atoms with Gasteiger partial charge >= 0.3 is 0 Å². The number of hydrogen-bond acceptors (Lipinski definition) is 1. The molecule has 1 aliphatic carbocycles. The fourth-order valence-electron chi connectivity index (χ4n) is 2.68. The molecule has 2 rings (SSSR count). The summed E-state index contributed by atoms with van der Waals surface area (Å²) >= 11 is 0. The highest BCUT2D eigenvalue weighted by atomic mass is 16.2. The first kappa shape index (κ1) is 13.1. The summed E-state index contributed by atoms with van der Waals surface area (Å²) in [6.07, 6.45) is 6.79. The van der Waals surface area contributed by atoms with Crippen molar-refractivity contribution < 1.29 is 4.79 Å². The second-order valence-electron chi connectivity index (χ2n) is 5.16. The second kappa shape index (κ2) is 6.58. The molecule has 0 N–H and O–H groups in total. The fraction of sp³-hybridized carbons (Fsp3) is 0.562. The third-order valence-corrected chi connectivity index (χ3v) is 3.77. The quantitative estimate of drug-likeness (QED) is 0.767. The van der Waals surface area contributed by atoms with Crippen molar-refractivity contribution in [2.75, 3.05) is 11.4 Å². The van der Waals surface area contributed by atoms with Crippen molar-refractivity contribution in [3.63, 3.8) is 0 Å². The zero-order valence-electron chi connectivity index (χ0n) is 11.3. The Bertz CT molecular complexity index is 368. The van der Waals surface area contributed by atoms with Gasteiger partial charge in [-0.05, 0) is 31.4 Å². The summed E-state index contributed by atoms with van der Waals surface area (Å²) in [4.78, 5) is 14.6. The molecule has 0 bridgehead atoms. The molecule has 0 unspecified atom stereocenters. The Morgan fingerprint density at radius 2 is 1.89 bits per heavy atom. The molecule has 18 heavy (non-hydrogen) atoms. The number of hydrogen-bond donors (Lipinski definition) is 0. The molecule has 1 aromatic carbocycles. The summed E-state index contributed by atoms with van der Waals surface area (Å²) in [5.41, 5.74) is 1.06. The van der Waals surface area contributed by atoms with Crippen molar-refractivity contribution in [2.24, 2.45) is 5.92 Å². The Morgan fingerprint density at radius 3 is 2.50 bits per heavy atom. The van der Waals surface area contributed by atoms with Gasteiger partial charge in [0.15, 0.2) is 0 Å². The smallest absolute Gasteiger partial charge is 0.230 e. The van der Waals surface area contributed by atoms with E-state index >= 15 is 0 Å². The molecular weight excluding hydrogens is 222 g/mol. The van der Waals surface area contributed by atoms with Crippen LogP contribution in [0, 0.1) is 5.92 Å². The molecule has 1 aromatic rings. The highest BCUT2D eigenvalue weighted by molar-refractivity contribution is 5.95. The molecule has 1 aliphatic rings. The first-order valence-corrected chi connectivity index (χ1v) is 7.19. The third kappa shape index (κ3) is 3.12. The molecule has 1 amide bonds. The summed E-state index contributed by atoms with van der Waals surface area (Å²) in [7, 11) is 0. The van der Waals surface area contributed by atoms with Crippen LogP contribution >= 0.6 is 0 Å². The average molecular weight is 245 g/mol. The number of nitrogens with zero attached hydrogens (tertiary/aromatic N) is 1. The van der Waals surface area contributed by atoms with E-state index in [1.165, 1.54) is 12.8 Å². The van der Waals surface area contributed by atoms with Crippen molar-refractivity contribution in [1.82, 2.24) is 0 Å². The van der Waals surface area contributed by atoms with Crippen LogP contribution in [0.4, 0.5) is 5.69 Å². The minimum absolute atomic E-state index is 0.266. The van der Waals surface area contributed by atoms with E-state index < -0.39 is 0 Å². The van der Waals surface area contributed by atoms with E-state index in [4.69, 9.17) is 0 Å². The second-order valence-corrected chi connectivity index (χ2v) is 5.16. The first-order chi connectivity index (χ1) is 8.83. The molecule has 98 valence electrons. The largest absolute Gasteiger partial charge is 0.312 e. The zero-order chi connectivity index (χ0) is 12.8. The molecule has 0 radical (unpaired) electrons. The van der Waals surface area contributed by atoms with Crippen molar-refractivity contribution in [3.8, 4) is 0 Å². The molecule has 2 heteroatoms. The van der Waals surface area contributed by atoms with Crippen molar-refractivity contribution in [3.05, 3.63) is 30.3 Å². The Labute approximate surface area is 110 Å². The van der Waals surface area contributed by atoms with Crippen LogP contribution in [0.25, 0.3) is 0 Å². The van der Waals surface area contributed by atoms with Gasteiger partial charge in [-0.3, -0.25) is 4.79 Å². The van der Waals surface area contributed by atoms with Gasteiger partial charge in [-0.2, -0.15) is 0 Å². The molecule has 0 atom stereocenters. The maximum absolute atomic E-state index is 12.6. The van der Waals surface area contributed by atoms with Gasteiger partial charge in [-0.15, -0.1) is 0 Å². The van der Waals surface area contributed by atoms with Gasteiger partial charge in [0.1, 0.15) is 0 Å². The summed E-state index contributed by atoms with van der Waals surface area (Å²) in [5.74, 6) is 0.606. The molecule has 0 aliphatic heterocycles. The predicted molar refractivity (Wildman–Crippen MR) is 75.7 cm³/mol. The Balaban J connectivity index is 2.11. The van der Waals surface area contributed by atoms with Crippen LogP contribution in [0.2, 0.25) is 0 Å². The number of unbranched alkanes of at least 4 members (excludes halogenated alkanes) is 1. The molecule has 0 heterocycles. The van der Waals surface area contributed by atoms with E-state index in [1.807, 2.05) is 35.2 Å². The lowest BCUT2D eigenvalue weighted by Crippen LogP contribution is -2.36. The number of carbonyl (C=O) groups excluding carboxylic acids is 1. The van der Waals surface area contributed by atoms with E-state index in [-0.39, 0.29) is 5.92 Å². The SMILES string of the molecule is CCCCN(C(=O)C1CCCC1)c1ccccc1. The summed E-state index contributed by atoms with van der Waals surface area (Å²) in [5, 5.41) is 0. The van der Waals surface area contributed by atoms with Crippen molar-refractivity contribution in [1.29, 1.82) is 0 Å². The Kier molecular flexibility index (Phi) is 4.80. The number of rotatable bonds is 5. The maximum atomic E-state index is 12.6. The summed E-state index contributed by atoms with van der Waals surface area (Å²) in [6.45, 7) is 3.03. The van der Waals surface area contributed by atoms with E-state index in [9.17, 15) is 4.79 Å². The van der Waals surface area contributed by atoms with Gasteiger partial charge in [0.2, 0.25) is 5.91 Å². The van der Waals surface area contributed by atoms with Crippen LogP contribution < -0.4 is 4.90 Å². The van der Waals surface area contributed by atoms with Gasteiger partial charge in [-0.1, -0.05) is 44.4 Å². The Morgan fingerprint density at radius 1 is 1.22 bits per heavy atom. The number of benzene rings is 1. The average Bonchev–Trinajstić information content (AvgIpc) is 2.94. The fourth-order valence-corrected chi connectivity index (χ4v) is 2.68. The van der Waals surface area contributed by atoms with Crippen LogP contribution in [0.3, 0.4) is 0 Å². The van der Waals surface area contributed by atoms with Crippen LogP contribution in [-0.2, 0) is 4.79 Å². The molecule has 1 fully saturated rings. The number of anilines is 1. The third-order valence-electron chi connectivity index (χ3n) is 3.77. The van der Waals surface area contributed by atoms with Crippen LogP contribution in [0.1, 0.15) is 45.4 Å². The van der Waals surface area contributed by atoms with Crippen LogP contribution in [0.15, 0.2) is 30.3 Å². The van der Waals surface area contributed by atoms with Gasteiger partial charge in [-0.25, -0.2) is 0 Å². The van der Waals surface area contributed by atoms with E-state index in [2.05, 4.69) is 6.92 Å². The van der Waals surface area contributed by atoms with Crippen LogP contribution in [-0.4, -0.2) is 12.5 Å². The van der Waals surface area contributed by atoms with Gasteiger partial charge in [0, 0.05) is 18.2 Å². The topological polar surface area (TPSA) is 20.3 Å². The van der Waals surface area contributed by atoms with Gasteiger partial charge in [0.05, 0.1) is 0 Å². The molecule has 1 saturated carbocycles. The maximum Gasteiger partial charge on any atom is 0.230 e. The Hall–Kier alpha value is -1.31. The molecule has 2 nitrogen and oxygen atoms in total. The lowest BCUT2D eigenvalue weighted by atomic mass is 10.1. The molecule has 0 saturated heterocycles. The summed E-state index contributed by atoms with van der Waals surface area (Å²) < 4.78 is 0. The first-order valence-electron chi connectivity index (χ1n) is 7.19. The molecule has 0 spiro atoms. The van der Waals surface area contributed by atoms with Gasteiger partial charge < -0.3 is 4.90 Å². The highest BCUT2D eigenvalue weighted by Crippen LogP contribution is 2.28. The minimum Gasteiger partial charge on any atom is -0.312 e. The highest BCUT2D eigenvalue weighted by Gasteiger charge is 2.27. The predicted octanol–water partition coefficient (Wildman–Crippen LogP) is 4.01. The lowest BCUT2D eigenvalue weighted by molar-refractivity contribution is -0.122. The minimum atomic E-state index is 0.266. The monoisotopic (exact) mass is 245 g/mol. The van der Waals surface area contributed by atoms with Crippen LogP contribution in [0.5, 0.6) is 0 Å². The van der Waals surface area contributed by atoms with E-state index in [0.717, 1.165) is 37.9 Å². The number of amides is 1. The number of para-hydroxylation sites is 1.